The van der Waals surface area contributed by atoms with Crippen LogP contribution >= 0.6 is 15.9 Å². The molecule has 2 N–H and O–H groups in total. The lowest BCUT2D eigenvalue weighted by Gasteiger charge is -2.18. The van der Waals surface area contributed by atoms with Crippen molar-refractivity contribution in [3.05, 3.63) is 63.9 Å². The molecule has 0 saturated carbocycles. The molecule has 0 radical (unpaired) electrons. The van der Waals surface area contributed by atoms with Crippen molar-refractivity contribution in [2.75, 3.05) is 11.9 Å². The van der Waals surface area contributed by atoms with Crippen LogP contribution in [0.3, 0.4) is 0 Å². The molecule has 0 heterocycles. The van der Waals surface area contributed by atoms with Gasteiger partial charge in [0.1, 0.15) is 5.82 Å². The maximum absolute atomic E-state index is 13.8. The summed E-state index contributed by atoms with van der Waals surface area (Å²) in [6.45, 7) is 0.421. The van der Waals surface area contributed by atoms with Gasteiger partial charge in [-0.1, -0.05) is 28.1 Å². The van der Waals surface area contributed by atoms with Gasteiger partial charge in [-0.25, -0.2) is 4.39 Å². The summed E-state index contributed by atoms with van der Waals surface area (Å²) in [6.07, 6.45) is 0. The lowest BCUT2D eigenvalue weighted by Crippen LogP contribution is -2.27. The normalized spacial score (nSPS) is 10.4. The molecule has 2 aromatic rings. The molecule has 0 spiro atoms. The molecule has 0 atom stereocenters. The number of carbonyl (C=O) groups is 1. The summed E-state index contributed by atoms with van der Waals surface area (Å²) in [5.74, 6) is -0.715. The molecule has 3 nitrogen and oxygen atoms in total. The van der Waals surface area contributed by atoms with Crippen LogP contribution in [0.1, 0.15) is 15.9 Å². The summed E-state index contributed by atoms with van der Waals surface area (Å²) in [5, 5.41) is 0. The number of rotatable bonds is 3. The highest BCUT2D eigenvalue weighted by Gasteiger charge is 2.16. The summed E-state index contributed by atoms with van der Waals surface area (Å²) >= 11 is 3.27. The van der Waals surface area contributed by atoms with Gasteiger partial charge in [0.25, 0.3) is 5.91 Å². The standard InChI is InChI=1S/C15H14BrFN2O/c1-19(14-8-12(16)6-7-13(14)17)15(20)11-4-2-10(9-18)3-5-11/h2-8H,9,18H2,1H3. The van der Waals surface area contributed by atoms with E-state index < -0.39 is 5.82 Å². The van der Waals surface area contributed by atoms with E-state index in [1.165, 1.54) is 11.0 Å². The minimum Gasteiger partial charge on any atom is -0.326 e. The minimum atomic E-state index is -0.442. The quantitative estimate of drug-likeness (QED) is 0.934. The summed E-state index contributed by atoms with van der Waals surface area (Å²) in [6, 6.07) is 11.4. The first-order chi connectivity index (χ1) is 9.52. The van der Waals surface area contributed by atoms with E-state index in [9.17, 15) is 9.18 Å². The molecular formula is C15H14BrFN2O. The van der Waals surface area contributed by atoms with Gasteiger partial charge in [-0.2, -0.15) is 0 Å². The number of nitrogens with zero attached hydrogens (tertiary/aromatic N) is 1. The fraction of sp³-hybridized carbons (Fsp3) is 0.133. The van der Waals surface area contributed by atoms with Crippen LogP contribution in [-0.4, -0.2) is 13.0 Å². The van der Waals surface area contributed by atoms with Crippen molar-refractivity contribution in [2.24, 2.45) is 5.73 Å². The third-order valence-corrected chi connectivity index (χ3v) is 3.50. The highest BCUT2D eigenvalue weighted by molar-refractivity contribution is 9.10. The third kappa shape index (κ3) is 3.05. The highest BCUT2D eigenvalue weighted by Crippen LogP contribution is 2.24. The van der Waals surface area contributed by atoms with Gasteiger partial charge in [0.15, 0.2) is 0 Å². The monoisotopic (exact) mass is 336 g/mol. The summed E-state index contributed by atoms with van der Waals surface area (Å²) < 4.78 is 14.5. The second-order valence-corrected chi connectivity index (χ2v) is 5.28. The van der Waals surface area contributed by atoms with Crippen LogP contribution in [0, 0.1) is 5.82 Å². The maximum Gasteiger partial charge on any atom is 0.258 e. The van der Waals surface area contributed by atoms with Crippen LogP contribution in [0.2, 0.25) is 0 Å². The molecule has 2 aromatic carbocycles. The van der Waals surface area contributed by atoms with Crippen molar-refractivity contribution in [2.45, 2.75) is 6.54 Å². The summed E-state index contributed by atoms with van der Waals surface area (Å²) in [7, 11) is 1.55. The lowest BCUT2D eigenvalue weighted by molar-refractivity contribution is 0.0992. The molecule has 0 saturated heterocycles. The molecule has 0 unspecified atom stereocenters. The van der Waals surface area contributed by atoms with E-state index in [1.54, 1.807) is 43.4 Å². The topological polar surface area (TPSA) is 46.3 Å². The average molecular weight is 337 g/mol. The van der Waals surface area contributed by atoms with E-state index in [0.29, 0.717) is 16.6 Å². The van der Waals surface area contributed by atoms with Crippen LogP contribution < -0.4 is 10.6 Å². The Bertz CT molecular complexity index is 628. The van der Waals surface area contributed by atoms with Crippen molar-refractivity contribution in [3.63, 3.8) is 0 Å². The summed E-state index contributed by atoms with van der Waals surface area (Å²) in [5.41, 5.74) is 7.17. The molecule has 5 heteroatoms. The number of hydrogen-bond acceptors (Lipinski definition) is 2. The average Bonchev–Trinajstić information content (AvgIpc) is 2.48. The zero-order valence-corrected chi connectivity index (χ0v) is 12.5. The van der Waals surface area contributed by atoms with Gasteiger partial charge in [-0.05, 0) is 35.9 Å². The largest absolute Gasteiger partial charge is 0.326 e. The number of hydrogen-bond donors (Lipinski definition) is 1. The molecular weight excluding hydrogens is 323 g/mol. The van der Waals surface area contributed by atoms with Gasteiger partial charge >= 0.3 is 0 Å². The fourth-order valence-corrected chi connectivity index (χ4v) is 2.18. The molecule has 0 aliphatic rings. The first-order valence-electron chi connectivity index (χ1n) is 6.05. The fourth-order valence-electron chi connectivity index (χ4n) is 1.83. The van der Waals surface area contributed by atoms with Gasteiger partial charge in [-0.15, -0.1) is 0 Å². The van der Waals surface area contributed by atoms with Crippen LogP contribution in [0.15, 0.2) is 46.9 Å². The van der Waals surface area contributed by atoms with E-state index >= 15 is 0 Å². The zero-order valence-electron chi connectivity index (χ0n) is 10.9. The molecule has 0 aliphatic carbocycles. The molecule has 0 aliphatic heterocycles. The Hall–Kier alpha value is -1.72. The minimum absolute atomic E-state index is 0.229. The molecule has 1 amide bonds. The van der Waals surface area contributed by atoms with Crippen LogP contribution in [0.5, 0.6) is 0 Å². The zero-order chi connectivity index (χ0) is 14.7. The van der Waals surface area contributed by atoms with E-state index in [0.717, 1.165) is 5.56 Å². The molecule has 20 heavy (non-hydrogen) atoms. The Balaban J connectivity index is 2.29. The number of anilines is 1. The number of nitrogens with two attached hydrogens (primary N) is 1. The van der Waals surface area contributed by atoms with Crippen LogP contribution in [0.25, 0.3) is 0 Å². The number of halogens is 2. The number of carbonyl (C=O) groups excluding carboxylic acids is 1. The predicted molar refractivity (Wildman–Crippen MR) is 81.2 cm³/mol. The van der Waals surface area contributed by atoms with Crippen molar-refractivity contribution < 1.29 is 9.18 Å². The van der Waals surface area contributed by atoms with Crippen LogP contribution in [0.4, 0.5) is 10.1 Å². The predicted octanol–water partition coefficient (Wildman–Crippen LogP) is 3.32. The Morgan fingerprint density at radius 3 is 2.50 bits per heavy atom. The molecule has 0 aromatic heterocycles. The van der Waals surface area contributed by atoms with Crippen molar-refractivity contribution >= 4 is 27.5 Å². The Labute approximate surface area is 125 Å². The SMILES string of the molecule is CN(C(=O)c1ccc(CN)cc1)c1cc(Br)ccc1F. The lowest BCUT2D eigenvalue weighted by atomic mass is 10.1. The van der Waals surface area contributed by atoms with Gasteiger partial charge in [-0.3, -0.25) is 4.79 Å². The van der Waals surface area contributed by atoms with E-state index in [-0.39, 0.29) is 11.6 Å². The Morgan fingerprint density at radius 1 is 1.25 bits per heavy atom. The third-order valence-electron chi connectivity index (χ3n) is 3.01. The van der Waals surface area contributed by atoms with Crippen molar-refractivity contribution in [1.82, 2.24) is 0 Å². The molecule has 2 rings (SSSR count). The second kappa shape index (κ2) is 6.15. The van der Waals surface area contributed by atoms with Gasteiger partial charge in [0.05, 0.1) is 5.69 Å². The molecule has 0 fully saturated rings. The highest BCUT2D eigenvalue weighted by atomic mass is 79.9. The number of amides is 1. The first kappa shape index (κ1) is 14.7. The first-order valence-corrected chi connectivity index (χ1v) is 6.84. The Kier molecular flexibility index (Phi) is 4.52. The van der Waals surface area contributed by atoms with E-state index in [1.807, 2.05) is 0 Å². The van der Waals surface area contributed by atoms with Crippen LogP contribution in [-0.2, 0) is 6.54 Å². The van der Waals surface area contributed by atoms with Crippen molar-refractivity contribution in [3.8, 4) is 0 Å². The van der Waals surface area contributed by atoms with E-state index in [2.05, 4.69) is 15.9 Å². The van der Waals surface area contributed by atoms with E-state index in [4.69, 9.17) is 5.73 Å². The van der Waals surface area contributed by atoms with Gasteiger partial charge in [0.2, 0.25) is 0 Å². The van der Waals surface area contributed by atoms with Gasteiger partial charge < -0.3 is 10.6 Å². The van der Waals surface area contributed by atoms with Crippen molar-refractivity contribution in [1.29, 1.82) is 0 Å². The summed E-state index contributed by atoms with van der Waals surface area (Å²) in [4.78, 5) is 13.6. The second-order valence-electron chi connectivity index (χ2n) is 4.36. The molecule has 0 bridgehead atoms. The van der Waals surface area contributed by atoms with Gasteiger partial charge in [0, 0.05) is 23.6 Å². The Morgan fingerprint density at radius 2 is 1.90 bits per heavy atom. The maximum atomic E-state index is 13.8. The number of benzene rings is 2. The smallest absolute Gasteiger partial charge is 0.258 e. The molecule has 104 valence electrons.